The minimum absolute atomic E-state index is 0.0829. The van der Waals surface area contributed by atoms with Crippen LogP contribution in [-0.2, 0) is 6.42 Å². The van der Waals surface area contributed by atoms with Crippen LogP contribution in [-0.4, -0.2) is 23.0 Å². The molecule has 0 aliphatic rings. The van der Waals surface area contributed by atoms with Crippen LogP contribution in [0.5, 0.6) is 5.75 Å². The van der Waals surface area contributed by atoms with E-state index < -0.39 is 10.8 Å². The van der Waals surface area contributed by atoms with Crippen LogP contribution in [0.4, 0.5) is 5.69 Å². The zero-order valence-electron chi connectivity index (χ0n) is 15.3. The van der Waals surface area contributed by atoms with Crippen molar-refractivity contribution in [1.29, 1.82) is 0 Å². The lowest BCUT2D eigenvalue weighted by Crippen LogP contribution is -2.33. The summed E-state index contributed by atoms with van der Waals surface area (Å²) in [7, 11) is 0. The van der Waals surface area contributed by atoms with E-state index in [4.69, 9.17) is 4.74 Å². The number of amides is 1. The molecule has 0 radical (unpaired) electrons. The van der Waals surface area contributed by atoms with Crippen LogP contribution in [0.25, 0.3) is 0 Å². The average Bonchev–Trinajstić information content (AvgIpc) is 2.60. The molecule has 0 aromatic heterocycles. The van der Waals surface area contributed by atoms with Crippen molar-refractivity contribution in [2.24, 2.45) is 0 Å². The standard InChI is InChI=1S/C20H24N2O4/c1-14(2)26-17-12-10-16(11-13-17)9-8-15(3)21-20(23)18-6-4-5-7-19(18)22(24)25/h4-7,10-15H,8-9H2,1-3H3,(H,21,23). The molecule has 1 unspecified atom stereocenters. The Morgan fingerprint density at radius 3 is 2.38 bits per heavy atom. The zero-order valence-corrected chi connectivity index (χ0v) is 15.3. The fraction of sp³-hybridized carbons (Fsp3) is 0.350. The number of carbonyl (C=O) groups is 1. The molecular weight excluding hydrogens is 332 g/mol. The molecule has 0 fully saturated rings. The number of para-hydroxylation sites is 1. The summed E-state index contributed by atoms with van der Waals surface area (Å²) in [5, 5.41) is 13.9. The summed E-state index contributed by atoms with van der Waals surface area (Å²) in [6, 6.07) is 13.8. The molecule has 138 valence electrons. The summed E-state index contributed by atoms with van der Waals surface area (Å²) in [5.41, 5.74) is 1.05. The highest BCUT2D eigenvalue weighted by Crippen LogP contribution is 2.18. The third kappa shape index (κ3) is 5.58. The number of hydrogen-bond acceptors (Lipinski definition) is 4. The van der Waals surface area contributed by atoms with E-state index in [1.54, 1.807) is 12.1 Å². The van der Waals surface area contributed by atoms with Crippen molar-refractivity contribution >= 4 is 11.6 Å². The third-order valence-corrected chi connectivity index (χ3v) is 3.88. The largest absolute Gasteiger partial charge is 0.491 e. The molecule has 6 heteroatoms. The zero-order chi connectivity index (χ0) is 19.1. The van der Waals surface area contributed by atoms with Crippen molar-refractivity contribution in [3.8, 4) is 5.75 Å². The fourth-order valence-corrected chi connectivity index (χ4v) is 2.59. The molecule has 26 heavy (non-hydrogen) atoms. The van der Waals surface area contributed by atoms with Crippen LogP contribution in [0, 0.1) is 10.1 Å². The Balaban J connectivity index is 1.90. The van der Waals surface area contributed by atoms with Crippen molar-refractivity contribution in [2.45, 2.75) is 45.8 Å². The predicted octanol–water partition coefficient (Wildman–Crippen LogP) is 4.13. The predicted molar refractivity (Wildman–Crippen MR) is 101 cm³/mol. The first-order valence-corrected chi connectivity index (χ1v) is 8.66. The molecule has 1 amide bonds. The fourth-order valence-electron chi connectivity index (χ4n) is 2.59. The number of benzene rings is 2. The molecular formula is C20H24N2O4. The van der Waals surface area contributed by atoms with E-state index in [0.29, 0.717) is 0 Å². The quantitative estimate of drug-likeness (QED) is 0.569. The SMILES string of the molecule is CC(CCc1ccc(OC(C)C)cc1)NC(=O)c1ccccc1[N+](=O)[O-]. The number of ether oxygens (including phenoxy) is 1. The number of hydrogen-bond donors (Lipinski definition) is 1. The second-order valence-corrected chi connectivity index (χ2v) is 6.50. The molecule has 0 saturated carbocycles. The smallest absolute Gasteiger partial charge is 0.282 e. The van der Waals surface area contributed by atoms with Gasteiger partial charge in [-0.2, -0.15) is 0 Å². The molecule has 1 N–H and O–H groups in total. The number of nitrogens with zero attached hydrogens (tertiary/aromatic N) is 1. The number of nitro benzene ring substituents is 1. The van der Waals surface area contributed by atoms with Crippen molar-refractivity contribution in [2.75, 3.05) is 0 Å². The van der Waals surface area contributed by atoms with E-state index in [1.165, 1.54) is 12.1 Å². The minimum atomic E-state index is -0.541. The first-order chi connectivity index (χ1) is 12.4. The van der Waals surface area contributed by atoms with Gasteiger partial charge >= 0.3 is 0 Å². The molecule has 0 bridgehead atoms. The Labute approximate surface area is 153 Å². The van der Waals surface area contributed by atoms with Gasteiger partial charge in [0.2, 0.25) is 0 Å². The minimum Gasteiger partial charge on any atom is -0.491 e. The van der Waals surface area contributed by atoms with Crippen LogP contribution < -0.4 is 10.1 Å². The van der Waals surface area contributed by atoms with Crippen molar-refractivity contribution < 1.29 is 14.5 Å². The molecule has 0 aliphatic carbocycles. The molecule has 2 aromatic rings. The molecule has 1 atom stereocenters. The maximum absolute atomic E-state index is 12.3. The molecule has 0 aliphatic heterocycles. The van der Waals surface area contributed by atoms with Gasteiger partial charge in [-0.25, -0.2) is 0 Å². The van der Waals surface area contributed by atoms with Crippen LogP contribution in [0.1, 0.15) is 43.1 Å². The Bertz CT molecular complexity index is 757. The molecule has 6 nitrogen and oxygen atoms in total. The number of aryl methyl sites for hydroxylation is 1. The van der Waals surface area contributed by atoms with Crippen LogP contribution >= 0.6 is 0 Å². The average molecular weight is 356 g/mol. The van der Waals surface area contributed by atoms with E-state index in [0.717, 1.165) is 24.2 Å². The van der Waals surface area contributed by atoms with Crippen LogP contribution in [0.2, 0.25) is 0 Å². The lowest BCUT2D eigenvalue weighted by Gasteiger charge is -2.14. The monoisotopic (exact) mass is 356 g/mol. The van der Waals surface area contributed by atoms with E-state index >= 15 is 0 Å². The maximum Gasteiger partial charge on any atom is 0.282 e. The van der Waals surface area contributed by atoms with Crippen molar-refractivity contribution in [3.63, 3.8) is 0 Å². The second kappa shape index (κ2) is 8.99. The first-order valence-electron chi connectivity index (χ1n) is 8.66. The van der Waals surface area contributed by atoms with Gasteiger partial charge in [-0.3, -0.25) is 14.9 Å². The highest BCUT2D eigenvalue weighted by molar-refractivity contribution is 5.98. The summed E-state index contributed by atoms with van der Waals surface area (Å²) < 4.78 is 5.61. The number of nitrogens with one attached hydrogen (secondary N) is 1. The number of nitro groups is 1. The number of carbonyl (C=O) groups excluding carboxylic acids is 1. The molecule has 0 saturated heterocycles. The van der Waals surface area contributed by atoms with Crippen LogP contribution in [0.15, 0.2) is 48.5 Å². The number of rotatable bonds is 8. The van der Waals surface area contributed by atoms with Gasteiger partial charge in [-0.1, -0.05) is 24.3 Å². The Morgan fingerprint density at radius 1 is 1.12 bits per heavy atom. The lowest BCUT2D eigenvalue weighted by atomic mass is 10.1. The highest BCUT2D eigenvalue weighted by atomic mass is 16.6. The molecule has 0 heterocycles. The molecule has 0 spiro atoms. The first kappa shape index (κ1) is 19.4. The van der Waals surface area contributed by atoms with Gasteiger partial charge in [-0.05, 0) is 57.4 Å². The van der Waals surface area contributed by atoms with Gasteiger partial charge in [-0.15, -0.1) is 0 Å². The van der Waals surface area contributed by atoms with E-state index in [2.05, 4.69) is 5.32 Å². The second-order valence-electron chi connectivity index (χ2n) is 6.50. The summed E-state index contributed by atoms with van der Waals surface area (Å²) in [6.07, 6.45) is 1.66. The molecule has 2 rings (SSSR count). The summed E-state index contributed by atoms with van der Waals surface area (Å²) in [6.45, 7) is 5.85. The van der Waals surface area contributed by atoms with Gasteiger partial charge in [0, 0.05) is 12.1 Å². The van der Waals surface area contributed by atoms with Crippen molar-refractivity contribution in [1.82, 2.24) is 5.32 Å². The van der Waals surface area contributed by atoms with Crippen molar-refractivity contribution in [3.05, 3.63) is 69.8 Å². The van der Waals surface area contributed by atoms with E-state index in [-0.39, 0.29) is 23.4 Å². The lowest BCUT2D eigenvalue weighted by molar-refractivity contribution is -0.385. The Kier molecular flexibility index (Phi) is 6.72. The van der Waals surface area contributed by atoms with Gasteiger partial charge in [0.05, 0.1) is 11.0 Å². The van der Waals surface area contributed by atoms with Crippen LogP contribution in [0.3, 0.4) is 0 Å². The van der Waals surface area contributed by atoms with Gasteiger partial charge in [0.1, 0.15) is 11.3 Å². The molecule has 2 aromatic carbocycles. The maximum atomic E-state index is 12.3. The Morgan fingerprint density at radius 2 is 1.77 bits per heavy atom. The Hall–Kier alpha value is -2.89. The van der Waals surface area contributed by atoms with Gasteiger partial charge < -0.3 is 10.1 Å². The third-order valence-electron chi connectivity index (χ3n) is 3.88. The highest BCUT2D eigenvalue weighted by Gasteiger charge is 2.20. The summed E-state index contributed by atoms with van der Waals surface area (Å²) >= 11 is 0. The summed E-state index contributed by atoms with van der Waals surface area (Å²) in [5.74, 6) is 0.409. The topological polar surface area (TPSA) is 81.5 Å². The van der Waals surface area contributed by atoms with Gasteiger partial charge in [0.25, 0.3) is 11.6 Å². The normalized spacial score (nSPS) is 11.8. The van der Waals surface area contributed by atoms with E-state index in [9.17, 15) is 14.9 Å². The van der Waals surface area contributed by atoms with E-state index in [1.807, 2.05) is 45.0 Å². The van der Waals surface area contributed by atoms with Gasteiger partial charge in [0.15, 0.2) is 0 Å². The summed E-state index contributed by atoms with van der Waals surface area (Å²) in [4.78, 5) is 22.8.